The Kier molecular flexibility index (Phi) is 3.54. The summed E-state index contributed by atoms with van der Waals surface area (Å²) in [4.78, 5) is 0. The zero-order chi connectivity index (χ0) is 12.4. The van der Waals surface area contributed by atoms with Crippen LogP contribution in [0.1, 0.15) is 0 Å². The van der Waals surface area contributed by atoms with Crippen molar-refractivity contribution in [3.05, 3.63) is 45.5 Å². The van der Waals surface area contributed by atoms with Gasteiger partial charge in [0.05, 0.1) is 0 Å². The third-order valence-electron chi connectivity index (χ3n) is 1.89. The molecule has 88 valence electrons. The Labute approximate surface area is 109 Å². The second kappa shape index (κ2) is 4.93. The average molecular weight is 321 g/mol. The van der Waals surface area contributed by atoms with Crippen molar-refractivity contribution < 1.29 is 8.78 Å². The summed E-state index contributed by atoms with van der Waals surface area (Å²) in [6.07, 6.45) is 0. The summed E-state index contributed by atoms with van der Waals surface area (Å²) in [6.45, 7) is 0. The van der Waals surface area contributed by atoms with E-state index in [2.05, 4.69) is 31.4 Å². The molecule has 1 N–H and O–H groups in total. The van der Waals surface area contributed by atoms with Crippen molar-refractivity contribution in [1.82, 2.24) is 10.2 Å². The second-order valence-corrected chi connectivity index (χ2v) is 4.41. The summed E-state index contributed by atoms with van der Waals surface area (Å²) in [5.74, 6) is -1.25. The number of nitrogens with one attached hydrogen (secondary N) is 1. The number of benzene rings is 1. The van der Waals surface area contributed by atoms with E-state index in [0.717, 1.165) is 12.1 Å². The van der Waals surface area contributed by atoms with Crippen LogP contribution in [-0.2, 0) is 0 Å². The van der Waals surface area contributed by atoms with Crippen molar-refractivity contribution in [3.8, 4) is 0 Å². The maximum Gasteiger partial charge on any atom is 0.153 e. The van der Waals surface area contributed by atoms with Gasteiger partial charge < -0.3 is 5.32 Å². The predicted octanol–water partition coefficient (Wildman–Crippen LogP) is 3.91. The van der Waals surface area contributed by atoms with E-state index >= 15 is 0 Å². The zero-order valence-electron chi connectivity index (χ0n) is 8.22. The van der Waals surface area contributed by atoms with Crippen LogP contribution >= 0.6 is 27.5 Å². The van der Waals surface area contributed by atoms with Crippen LogP contribution in [-0.4, -0.2) is 10.2 Å². The van der Waals surface area contributed by atoms with E-state index < -0.39 is 11.6 Å². The Balaban J connectivity index is 2.33. The molecule has 0 amide bonds. The molecule has 2 rings (SSSR count). The minimum atomic E-state index is -0.728. The van der Waals surface area contributed by atoms with Crippen LogP contribution in [0.5, 0.6) is 0 Å². The Hall–Kier alpha value is -1.27. The topological polar surface area (TPSA) is 37.8 Å². The Morgan fingerprint density at radius 2 is 1.76 bits per heavy atom. The lowest BCUT2D eigenvalue weighted by molar-refractivity contribution is 0.589. The molecule has 0 bridgehead atoms. The lowest BCUT2D eigenvalue weighted by atomic mass is 10.3. The fourth-order valence-corrected chi connectivity index (χ4v) is 1.68. The van der Waals surface area contributed by atoms with Crippen molar-refractivity contribution in [2.24, 2.45) is 0 Å². The van der Waals surface area contributed by atoms with Crippen LogP contribution in [0, 0.1) is 11.6 Å². The fraction of sp³-hybridized carbons (Fsp3) is 0. The number of nitrogens with zero attached hydrogens (tertiary/aromatic N) is 2. The molecular weight excluding hydrogens is 315 g/mol. The molecule has 0 unspecified atom stereocenters. The zero-order valence-corrected chi connectivity index (χ0v) is 10.6. The number of halogens is 4. The molecule has 3 nitrogen and oxygen atoms in total. The molecule has 17 heavy (non-hydrogen) atoms. The van der Waals surface area contributed by atoms with Crippen LogP contribution in [0.25, 0.3) is 0 Å². The van der Waals surface area contributed by atoms with Crippen LogP contribution < -0.4 is 5.32 Å². The molecule has 0 aliphatic heterocycles. The van der Waals surface area contributed by atoms with E-state index in [9.17, 15) is 8.78 Å². The van der Waals surface area contributed by atoms with Crippen molar-refractivity contribution in [1.29, 1.82) is 0 Å². The highest BCUT2D eigenvalue weighted by atomic mass is 79.9. The van der Waals surface area contributed by atoms with E-state index in [0.29, 0.717) is 4.47 Å². The quantitative estimate of drug-likeness (QED) is 0.911. The maximum atomic E-state index is 13.5. The average Bonchev–Trinajstić information content (AvgIpc) is 2.26. The number of anilines is 2. The summed E-state index contributed by atoms with van der Waals surface area (Å²) < 4.78 is 27.3. The van der Waals surface area contributed by atoms with Gasteiger partial charge in [0.15, 0.2) is 22.6 Å². The number of aromatic nitrogens is 2. The van der Waals surface area contributed by atoms with Gasteiger partial charge in [0.1, 0.15) is 5.69 Å². The minimum absolute atomic E-state index is 0.201. The largest absolute Gasteiger partial charge is 0.334 e. The first-order chi connectivity index (χ1) is 8.06. The van der Waals surface area contributed by atoms with Crippen LogP contribution in [0.3, 0.4) is 0 Å². The maximum absolute atomic E-state index is 13.5. The molecule has 0 saturated heterocycles. The third-order valence-corrected chi connectivity index (χ3v) is 2.55. The SMILES string of the molecule is Fc1cc(Br)cc(F)c1Nc1ccc(Cl)nn1. The van der Waals surface area contributed by atoms with Crippen molar-refractivity contribution in [3.63, 3.8) is 0 Å². The van der Waals surface area contributed by atoms with E-state index in [4.69, 9.17) is 11.6 Å². The van der Waals surface area contributed by atoms with E-state index in [-0.39, 0.29) is 16.7 Å². The lowest BCUT2D eigenvalue weighted by Gasteiger charge is -2.07. The third kappa shape index (κ3) is 2.89. The van der Waals surface area contributed by atoms with E-state index in [1.165, 1.54) is 12.1 Å². The van der Waals surface area contributed by atoms with Gasteiger partial charge in [-0.3, -0.25) is 0 Å². The van der Waals surface area contributed by atoms with Gasteiger partial charge in [0.2, 0.25) is 0 Å². The Bertz CT molecular complexity index is 525. The van der Waals surface area contributed by atoms with Gasteiger partial charge in [-0.15, -0.1) is 10.2 Å². The highest BCUT2D eigenvalue weighted by molar-refractivity contribution is 9.10. The second-order valence-electron chi connectivity index (χ2n) is 3.11. The van der Waals surface area contributed by atoms with Gasteiger partial charge in [0.25, 0.3) is 0 Å². The highest BCUT2D eigenvalue weighted by Gasteiger charge is 2.11. The molecule has 1 heterocycles. The van der Waals surface area contributed by atoms with Crippen molar-refractivity contribution >= 4 is 39.0 Å². The summed E-state index contributed by atoms with van der Waals surface area (Å²) >= 11 is 8.53. The summed E-state index contributed by atoms with van der Waals surface area (Å²) in [5.41, 5.74) is -0.287. The van der Waals surface area contributed by atoms with Gasteiger partial charge in [0, 0.05) is 4.47 Å². The molecule has 0 aliphatic carbocycles. The molecule has 0 atom stereocenters. The molecule has 0 fully saturated rings. The number of hydrogen-bond acceptors (Lipinski definition) is 3. The molecule has 0 saturated carbocycles. The minimum Gasteiger partial charge on any atom is -0.334 e. The standard InChI is InChI=1S/C10H5BrClF2N3/c11-5-3-6(13)10(7(14)4-5)15-9-2-1-8(12)16-17-9/h1-4H,(H,15,17). The first kappa shape index (κ1) is 12.2. The smallest absolute Gasteiger partial charge is 0.153 e. The van der Waals surface area contributed by atoms with E-state index in [1.54, 1.807) is 0 Å². The molecular formula is C10H5BrClF2N3. The predicted molar refractivity (Wildman–Crippen MR) is 64.4 cm³/mol. The molecule has 1 aromatic heterocycles. The van der Waals surface area contributed by atoms with Gasteiger partial charge in [-0.1, -0.05) is 27.5 Å². The van der Waals surface area contributed by atoms with Crippen molar-refractivity contribution in [2.75, 3.05) is 5.32 Å². The van der Waals surface area contributed by atoms with Gasteiger partial charge in [-0.2, -0.15) is 0 Å². The van der Waals surface area contributed by atoms with Crippen LogP contribution in [0.15, 0.2) is 28.7 Å². The molecule has 0 radical (unpaired) electrons. The summed E-state index contributed by atoms with van der Waals surface area (Å²) in [5, 5.41) is 9.88. The Morgan fingerprint density at radius 1 is 1.12 bits per heavy atom. The monoisotopic (exact) mass is 319 g/mol. The van der Waals surface area contributed by atoms with Crippen LogP contribution in [0.2, 0.25) is 5.15 Å². The molecule has 0 aliphatic rings. The molecule has 2 aromatic rings. The van der Waals surface area contributed by atoms with Gasteiger partial charge in [-0.25, -0.2) is 8.78 Å². The summed E-state index contributed by atoms with van der Waals surface area (Å²) in [6, 6.07) is 5.23. The number of hydrogen-bond donors (Lipinski definition) is 1. The highest BCUT2D eigenvalue weighted by Crippen LogP contribution is 2.26. The summed E-state index contributed by atoms with van der Waals surface area (Å²) in [7, 11) is 0. The first-order valence-corrected chi connectivity index (χ1v) is 5.64. The molecule has 1 aromatic carbocycles. The van der Waals surface area contributed by atoms with Gasteiger partial charge in [-0.05, 0) is 24.3 Å². The van der Waals surface area contributed by atoms with Crippen LogP contribution in [0.4, 0.5) is 20.3 Å². The Morgan fingerprint density at radius 3 is 2.29 bits per heavy atom. The van der Waals surface area contributed by atoms with Crippen molar-refractivity contribution in [2.45, 2.75) is 0 Å². The first-order valence-electron chi connectivity index (χ1n) is 4.47. The van der Waals surface area contributed by atoms with E-state index in [1.807, 2.05) is 0 Å². The lowest BCUT2D eigenvalue weighted by Crippen LogP contribution is -2.00. The molecule has 7 heteroatoms. The van der Waals surface area contributed by atoms with Gasteiger partial charge >= 0.3 is 0 Å². The number of rotatable bonds is 2. The molecule has 0 spiro atoms. The normalized spacial score (nSPS) is 10.4. The fourth-order valence-electron chi connectivity index (χ4n) is 1.17.